The van der Waals surface area contributed by atoms with Gasteiger partial charge in [0.2, 0.25) is 0 Å². The number of rotatable bonds is 6. The van der Waals surface area contributed by atoms with Crippen LogP contribution in [-0.4, -0.2) is 6.01 Å². The number of benzene rings is 2. The number of nitrogens with zero attached hydrogens (tertiary/aromatic N) is 2. The first-order valence-electron chi connectivity index (χ1n) is 7.67. The van der Waals surface area contributed by atoms with Gasteiger partial charge in [-0.15, -0.1) is 0 Å². The van der Waals surface area contributed by atoms with Gasteiger partial charge in [-0.05, 0) is 36.1 Å². The summed E-state index contributed by atoms with van der Waals surface area (Å²) in [7, 11) is 0. The third-order valence-electron chi connectivity index (χ3n) is 3.36. The molecule has 0 unspecified atom stereocenters. The van der Waals surface area contributed by atoms with Crippen LogP contribution in [-0.2, 0) is 12.8 Å². The molecule has 0 saturated carbocycles. The average molecular weight is 278 g/mol. The average Bonchev–Trinajstić information content (AvgIpc) is 2.51. The van der Waals surface area contributed by atoms with Crippen molar-refractivity contribution in [2.45, 2.75) is 39.5 Å². The monoisotopic (exact) mass is 278 g/mol. The third kappa shape index (κ3) is 4.40. The second kappa shape index (κ2) is 8.18. The minimum atomic E-state index is 0.969. The molecule has 0 radical (unpaired) electrons. The summed E-state index contributed by atoms with van der Waals surface area (Å²) in [6.45, 7) is 4.35. The van der Waals surface area contributed by atoms with Crippen molar-refractivity contribution in [3.05, 3.63) is 59.7 Å². The highest BCUT2D eigenvalue weighted by Gasteiger charge is 1.99. The first-order chi connectivity index (χ1) is 10.3. The van der Waals surface area contributed by atoms with Crippen LogP contribution < -0.4 is 0 Å². The van der Waals surface area contributed by atoms with Gasteiger partial charge in [0.25, 0.3) is 0 Å². The highest BCUT2D eigenvalue weighted by atomic mass is 14.8. The van der Waals surface area contributed by atoms with E-state index in [1.54, 1.807) is 0 Å². The van der Waals surface area contributed by atoms with Gasteiger partial charge >= 0.3 is 0 Å². The lowest BCUT2D eigenvalue weighted by Gasteiger charge is -2.02. The summed E-state index contributed by atoms with van der Waals surface area (Å²) >= 11 is 0. The molecule has 0 aromatic heterocycles. The molecule has 0 amide bonds. The van der Waals surface area contributed by atoms with Crippen LogP contribution in [0.1, 0.15) is 37.8 Å². The van der Waals surface area contributed by atoms with Gasteiger partial charge in [-0.25, -0.2) is 0 Å². The summed E-state index contributed by atoms with van der Waals surface area (Å²) in [5, 5.41) is 0. The van der Waals surface area contributed by atoms with Crippen molar-refractivity contribution in [2.24, 2.45) is 9.98 Å². The van der Waals surface area contributed by atoms with Crippen LogP contribution in [0.5, 0.6) is 0 Å². The maximum Gasteiger partial charge on any atom is 0.100 e. The smallest absolute Gasteiger partial charge is 0.100 e. The largest absolute Gasteiger partial charge is 0.187 e. The van der Waals surface area contributed by atoms with E-state index in [-0.39, 0.29) is 0 Å². The Bertz CT molecular complexity index is 584. The van der Waals surface area contributed by atoms with Crippen LogP contribution >= 0.6 is 0 Å². The van der Waals surface area contributed by atoms with Crippen molar-refractivity contribution in [2.75, 3.05) is 0 Å². The Hall–Kier alpha value is -2.18. The minimum absolute atomic E-state index is 0.969. The fourth-order valence-electron chi connectivity index (χ4n) is 2.33. The number of hydrogen-bond acceptors (Lipinski definition) is 2. The molecule has 2 rings (SSSR count). The molecule has 0 atom stereocenters. The van der Waals surface area contributed by atoms with Gasteiger partial charge in [0.05, 0.1) is 11.4 Å². The second-order valence-electron chi connectivity index (χ2n) is 5.08. The van der Waals surface area contributed by atoms with Crippen LogP contribution in [0, 0.1) is 0 Å². The first kappa shape index (κ1) is 15.2. The lowest BCUT2D eigenvalue weighted by atomic mass is 10.1. The summed E-state index contributed by atoms with van der Waals surface area (Å²) in [5.74, 6) is 0. The molecule has 2 nitrogen and oxygen atoms in total. The molecule has 2 aromatic carbocycles. The maximum absolute atomic E-state index is 4.40. The normalized spacial score (nSPS) is 10.0. The highest BCUT2D eigenvalue weighted by molar-refractivity contribution is 5.61. The Kier molecular flexibility index (Phi) is 5.93. The lowest BCUT2D eigenvalue weighted by Crippen LogP contribution is -1.83. The molecule has 0 aliphatic rings. The molecule has 2 aromatic rings. The van der Waals surface area contributed by atoms with Crippen molar-refractivity contribution in [1.82, 2.24) is 0 Å². The Morgan fingerprint density at radius 1 is 0.714 bits per heavy atom. The van der Waals surface area contributed by atoms with Crippen LogP contribution in [0.2, 0.25) is 0 Å². The fraction of sp³-hybridized carbons (Fsp3) is 0.316. The maximum atomic E-state index is 4.40. The summed E-state index contributed by atoms with van der Waals surface area (Å²) in [6.07, 6.45) is 4.30. The zero-order valence-electron chi connectivity index (χ0n) is 12.8. The van der Waals surface area contributed by atoms with E-state index in [9.17, 15) is 0 Å². The number of hydrogen-bond donors (Lipinski definition) is 0. The standard InChI is InChI=1S/C19H22N2/c1-3-9-16-11-5-7-13-18(16)20-15-21-19-14-8-6-12-17(19)10-4-2/h5-8,11-14H,3-4,9-10H2,1-2H3. The Morgan fingerprint density at radius 3 is 1.57 bits per heavy atom. The van der Waals surface area contributed by atoms with E-state index in [1.807, 2.05) is 24.3 Å². The molecule has 0 bridgehead atoms. The molecule has 0 aliphatic carbocycles. The van der Waals surface area contributed by atoms with Crippen molar-refractivity contribution < 1.29 is 0 Å². The summed E-state index contributed by atoms with van der Waals surface area (Å²) in [6, 6.07) is 19.3. The second-order valence-corrected chi connectivity index (χ2v) is 5.08. The van der Waals surface area contributed by atoms with Crippen molar-refractivity contribution >= 4 is 17.4 Å². The van der Waals surface area contributed by atoms with E-state index in [2.05, 4.69) is 54.1 Å². The summed E-state index contributed by atoms with van der Waals surface area (Å²) < 4.78 is 0. The number of aliphatic imine (C=N–C) groups is 2. The van der Waals surface area contributed by atoms with Gasteiger partial charge in [0.1, 0.15) is 6.01 Å². The van der Waals surface area contributed by atoms with Crippen LogP contribution in [0.4, 0.5) is 11.4 Å². The Balaban J connectivity index is 2.25. The zero-order chi connectivity index (χ0) is 14.9. The van der Waals surface area contributed by atoms with Crippen molar-refractivity contribution in [3.8, 4) is 0 Å². The van der Waals surface area contributed by atoms with Crippen LogP contribution in [0.15, 0.2) is 58.5 Å². The fourth-order valence-corrected chi connectivity index (χ4v) is 2.33. The molecular weight excluding hydrogens is 256 g/mol. The van der Waals surface area contributed by atoms with Gasteiger partial charge < -0.3 is 0 Å². The molecule has 0 spiro atoms. The molecule has 2 heteroatoms. The molecule has 0 aliphatic heterocycles. The van der Waals surface area contributed by atoms with E-state index >= 15 is 0 Å². The quantitative estimate of drug-likeness (QED) is 0.603. The predicted molar refractivity (Wildman–Crippen MR) is 90.1 cm³/mol. The van der Waals surface area contributed by atoms with Crippen LogP contribution in [0.25, 0.3) is 0 Å². The molecule has 0 fully saturated rings. The molecule has 21 heavy (non-hydrogen) atoms. The van der Waals surface area contributed by atoms with E-state index in [4.69, 9.17) is 0 Å². The molecule has 0 N–H and O–H groups in total. The molecular formula is C19H22N2. The summed E-state index contributed by atoms with van der Waals surface area (Å²) in [4.78, 5) is 8.81. The van der Waals surface area contributed by atoms with E-state index in [0.29, 0.717) is 0 Å². The van der Waals surface area contributed by atoms with Gasteiger partial charge in [-0.2, -0.15) is 9.98 Å². The predicted octanol–water partition coefficient (Wildman–Crippen LogP) is 5.73. The van der Waals surface area contributed by atoms with Gasteiger partial charge in [-0.3, -0.25) is 0 Å². The number of para-hydroxylation sites is 2. The van der Waals surface area contributed by atoms with E-state index in [0.717, 1.165) is 37.1 Å². The zero-order valence-corrected chi connectivity index (χ0v) is 12.8. The van der Waals surface area contributed by atoms with E-state index < -0.39 is 0 Å². The highest BCUT2D eigenvalue weighted by Crippen LogP contribution is 2.21. The van der Waals surface area contributed by atoms with Gasteiger partial charge in [0, 0.05) is 0 Å². The molecule has 108 valence electrons. The van der Waals surface area contributed by atoms with Gasteiger partial charge in [0.15, 0.2) is 0 Å². The minimum Gasteiger partial charge on any atom is -0.187 e. The van der Waals surface area contributed by atoms with E-state index in [1.165, 1.54) is 11.1 Å². The van der Waals surface area contributed by atoms with Crippen molar-refractivity contribution in [3.63, 3.8) is 0 Å². The summed E-state index contributed by atoms with van der Waals surface area (Å²) in [5.41, 5.74) is 4.45. The Labute approximate surface area is 127 Å². The SMILES string of the molecule is CCCc1ccccc1N=C=Nc1ccccc1CCC. The third-order valence-corrected chi connectivity index (χ3v) is 3.36. The topological polar surface area (TPSA) is 24.7 Å². The Morgan fingerprint density at radius 2 is 1.14 bits per heavy atom. The molecule has 0 saturated heterocycles. The number of aryl methyl sites for hydroxylation is 2. The van der Waals surface area contributed by atoms with Crippen LogP contribution in [0.3, 0.4) is 0 Å². The van der Waals surface area contributed by atoms with Gasteiger partial charge in [-0.1, -0.05) is 63.1 Å². The first-order valence-corrected chi connectivity index (χ1v) is 7.67. The lowest BCUT2D eigenvalue weighted by molar-refractivity contribution is 0.921. The molecule has 0 heterocycles. The van der Waals surface area contributed by atoms with Crippen molar-refractivity contribution in [1.29, 1.82) is 0 Å².